The molecule has 0 saturated carbocycles. The molecule has 2 aromatic heterocycles. The number of fused-ring (bicyclic) bond motifs is 1. The second-order valence-electron chi connectivity index (χ2n) is 4.74. The minimum Gasteiger partial charge on any atom is -0.354 e. The fourth-order valence-corrected chi connectivity index (χ4v) is 3.70. The molecule has 21 heavy (non-hydrogen) atoms. The summed E-state index contributed by atoms with van der Waals surface area (Å²) in [6.07, 6.45) is 0. The second kappa shape index (κ2) is 5.84. The molecule has 0 fully saturated rings. The summed E-state index contributed by atoms with van der Waals surface area (Å²) < 4.78 is 1.10. The number of benzene rings is 1. The van der Waals surface area contributed by atoms with Crippen molar-refractivity contribution in [2.75, 3.05) is 11.9 Å². The highest BCUT2D eigenvalue weighted by atomic mass is 79.9. The summed E-state index contributed by atoms with van der Waals surface area (Å²) >= 11 is 5.17. The summed E-state index contributed by atoms with van der Waals surface area (Å²) in [5.74, 6) is 0.815. The van der Waals surface area contributed by atoms with Gasteiger partial charge in [0.15, 0.2) is 0 Å². The number of hydrogen-bond donors (Lipinski definition) is 0. The zero-order valence-corrected chi connectivity index (χ0v) is 13.8. The molecule has 3 nitrogen and oxygen atoms in total. The van der Waals surface area contributed by atoms with Crippen molar-refractivity contribution >= 4 is 44.0 Å². The number of halogens is 1. The van der Waals surface area contributed by atoms with Gasteiger partial charge in [0, 0.05) is 27.2 Å². The number of hydrogen-bond acceptors (Lipinski definition) is 4. The van der Waals surface area contributed by atoms with Crippen LogP contribution in [-0.2, 0) is 6.54 Å². The molecule has 0 N–H and O–H groups in total. The van der Waals surface area contributed by atoms with Crippen LogP contribution in [-0.4, -0.2) is 12.0 Å². The fourth-order valence-electron chi connectivity index (χ4n) is 2.20. The third-order valence-corrected chi connectivity index (χ3v) is 4.91. The van der Waals surface area contributed by atoms with Gasteiger partial charge in [0.25, 0.3) is 0 Å². The van der Waals surface area contributed by atoms with E-state index < -0.39 is 0 Å². The van der Waals surface area contributed by atoms with Crippen LogP contribution in [0.15, 0.2) is 46.3 Å². The van der Waals surface area contributed by atoms with Crippen LogP contribution >= 0.6 is 27.3 Å². The molecule has 3 aromatic rings. The van der Waals surface area contributed by atoms with Crippen molar-refractivity contribution < 1.29 is 0 Å². The van der Waals surface area contributed by atoms with Gasteiger partial charge in [0.1, 0.15) is 5.82 Å². The van der Waals surface area contributed by atoms with Gasteiger partial charge in [-0.2, -0.15) is 5.26 Å². The summed E-state index contributed by atoms with van der Waals surface area (Å²) in [5, 5.41) is 12.3. The summed E-state index contributed by atoms with van der Waals surface area (Å²) in [5.41, 5.74) is 1.51. The van der Waals surface area contributed by atoms with E-state index in [4.69, 9.17) is 0 Å². The quantitative estimate of drug-likeness (QED) is 0.689. The van der Waals surface area contributed by atoms with Gasteiger partial charge in [-0.25, -0.2) is 4.98 Å². The molecule has 0 atom stereocenters. The molecular formula is C16H12BrN3S. The molecule has 0 spiro atoms. The van der Waals surface area contributed by atoms with E-state index in [-0.39, 0.29) is 0 Å². The largest absolute Gasteiger partial charge is 0.354 e. The Bertz CT molecular complexity index is 835. The van der Waals surface area contributed by atoms with E-state index in [0.717, 1.165) is 27.7 Å². The number of rotatable bonds is 3. The van der Waals surface area contributed by atoms with Crippen LogP contribution in [0.1, 0.15) is 10.4 Å². The minimum absolute atomic E-state index is 0.662. The lowest BCUT2D eigenvalue weighted by atomic mass is 10.1. The number of nitrogens with zero attached hydrogens (tertiary/aromatic N) is 3. The molecule has 3 rings (SSSR count). The second-order valence-corrected chi connectivity index (χ2v) is 6.66. The van der Waals surface area contributed by atoms with Gasteiger partial charge in [-0.1, -0.05) is 18.2 Å². The first kappa shape index (κ1) is 14.1. The number of nitriles is 1. The third-order valence-electron chi connectivity index (χ3n) is 3.23. The highest BCUT2D eigenvalue weighted by Crippen LogP contribution is 2.25. The van der Waals surface area contributed by atoms with E-state index in [1.807, 2.05) is 37.4 Å². The van der Waals surface area contributed by atoms with Crippen LogP contribution in [0, 0.1) is 11.3 Å². The number of thiophene rings is 1. The Labute approximate surface area is 135 Å². The average Bonchev–Trinajstić information content (AvgIpc) is 2.91. The van der Waals surface area contributed by atoms with Gasteiger partial charge in [-0.15, -0.1) is 11.3 Å². The van der Waals surface area contributed by atoms with E-state index in [2.05, 4.69) is 43.3 Å². The van der Waals surface area contributed by atoms with E-state index in [0.29, 0.717) is 5.56 Å². The molecule has 1 aromatic carbocycles. The maximum absolute atomic E-state index is 9.33. The molecule has 104 valence electrons. The first-order chi connectivity index (χ1) is 10.2. The topological polar surface area (TPSA) is 39.9 Å². The van der Waals surface area contributed by atoms with Crippen LogP contribution < -0.4 is 4.90 Å². The smallest absolute Gasteiger partial charge is 0.130 e. The fraction of sp³-hybridized carbons (Fsp3) is 0.125. The number of anilines is 1. The van der Waals surface area contributed by atoms with E-state index in [1.54, 1.807) is 11.3 Å². The maximum Gasteiger partial charge on any atom is 0.130 e. The van der Waals surface area contributed by atoms with Gasteiger partial charge >= 0.3 is 0 Å². The minimum atomic E-state index is 0.662. The number of aromatic nitrogens is 1. The molecule has 0 aliphatic carbocycles. The van der Waals surface area contributed by atoms with Gasteiger partial charge in [0.05, 0.1) is 23.7 Å². The van der Waals surface area contributed by atoms with Gasteiger partial charge in [0.2, 0.25) is 0 Å². The first-order valence-corrected chi connectivity index (χ1v) is 8.08. The number of pyridine rings is 1. The Morgan fingerprint density at radius 3 is 2.86 bits per heavy atom. The zero-order chi connectivity index (χ0) is 14.8. The zero-order valence-electron chi connectivity index (χ0n) is 11.4. The van der Waals surface area contributed by atoms with Gasteiger partial charge in [-0.05, 0) is 34.1 Å². The Hall–Kier alpha value is -1.90. The van der Waals surface area contributed by atoms with Crippen LogP contribution in [0.25, 0.3) is 10.9 Å². The Morgan fingerprint density at radius 1 is 1.33 bits per heavy atom. The molecule has 0 aliphatic heterocycles. The lowest BCUT2D eigenvalue weighted by Gasteiger charge is -2.18. The molecule has 0 aliphatic rings. The first-order valence-electron chi connectivity index (χ1n) is 6.41. The SMILES string of the molecule is CN(Cc1cc(Br)cs1)c1cc(C#N)c2ccccc2n1. The normalized spacial score (nSPS) is 10.5. The van der Waals surface area contributed by atoms with E-state index in [9.17, 15) is 5.26 Å². The number of para-hydroxylation sites is 1. The third kappa shape index (κ3) is 2.92. The van der Waals surface area contributed by atoms with Crippen molar-refractivity contribution in [2.24, 2.45) is 0 Å². The van der Waals surface area contributed by atoms with Crippen molar-refractivity contribution in [3.8, 4) is 6.07 Å². The highest BCUT2D eigenvalue weighted by molar-refractivity contribution is 9.10. The molecule has 0 amide bonds. The molecule has 0 radical (unpaired) electrons. The summed E-state index contributed by atoms with van der Waals surface area (Å²) in [7, 11) is 1.99. The van der Waals surface area contributed by atoms with Crippen LogP contribution in [0.2, 0.25) is 0 Å². The Balaban J connectivity index is 1.98. The molecular weight excluding hydrogens is 346 g/mol. The molecule has 0 unspecified atom stereocenters. The lowest BCUT2D eigenvalue weighted by molar-refractivity contribution is 0.917. The molecule has 0 bridgehead atoms. The highest BCUT2D eigenvalue weighted by Gasteiger charge is 2.10. The van der Waals surface area contributed by atoms with Crippen molar-refractivity contribution in [1.29, 1.82) is 5.26 Å². The summed E-state index contributed by atoms with van der Waals surface area (Å²) in [6.45, 7) is 0.770. The summed E-state index contributed by atoms with van der Waals surface area (Å²) in [6, 6.07) is 14.0. The maximum atomic E-state index is 9.33. The monoisotopic (exact) mass is 357 g/mol. The van der Waals surface area contributed by atoms with Gasteiger partial charge < -0.3 is 4.90 Å². The standard InChI is InChI=1S/C16H12BrN3S/c1-20(9-13-7-12(17)10-21-13)16-6-11(8-18)14-4-2-3-5-15(14)19-16/h2-7,10H,9H2,1H3. The van der Waals surface area contributed by atoms with Crippen LogP contribution in [0.3, 0.4) is 0 Å². The van der Waals surface area contributed by atoms with E-state index >= 15 is 0 Å². The predicted molar refractivity (Wildman–Crippen MR) is 90.6 cm³/mol. The van der Waals surface area contributed by atoms with Crippen molar-refractivity contribution in [1.82, 2.24) is 4.98 Å². The van der Waals surface area contributed by atoms with Crippen LogP contribution in [0.4, 0.5) is 5.82 Å². The lowest BCUT2D eigenvalue weighted by Crippen LogP contribution is -2.17. The van der Waals surface area contributed by atoms with Crippen molar-refractivity contribution in [3.05, 3.63) is 56.7 Å². The average molecular weight is 358 g/mol. The molecule has 0 saturated heterocycles. The molecule has 2 heterocycles. The van der Waals surface area contributed by atoms with Gasteiger partial charge in [-0.3, -0.25) is 0 Å². The Morgan fingerprint density at radius 2 is 2.14 bits per heavy atom. The van der Waals surface area contributed by atoms with Crippen LogP contribution in [0.5, 0.6) is 0 Å². The van der Waals surface area contributed by atoms with E-state index in [1.165, 1.54) is 4.88 Å². The van der Waals surface area contributed by atoms with Crippen molar-refractivity contribution in [3.63, 3.8) is 0 Å². The Kier molecular flexibility index (Phi) is 3.91. The van der Waals surface area contributed by atoms with Crippen molar-refractivity contribution in [2.45, 2.75) is 6.54 Å². The predicted octanol–water partition coefficient (Wildman–Crippen LogP) is 4.57. The molecule has 5 heteroatoms. The summed E-state index contributed by atoms with van der Waals surface area (Å²) in [4.78, 5) is 7.96.